The fraction of sp³-hybridized carbons (Fsp3) is 0.250. The van der Waals surface area contributed by atoms with E-state index in [1.165, 1.54) is 22.5 Å². The van der Waals surface area contributed by atoms with Gasteiger partial charge in [0.2, 0.25) is 0 Å². The Balaban J connectivity index is 2.05. The van der Waals surface area contributed by atoms with Crippen molar-refractivity contribution in [1.29, 1.82) is 0 Å². The van der Waals surface area contributed by atoms with Crippen molar-refractivity contribution in [2.24, 2.45) is 0 Å². The van der Waals surface area contributed by atoms with Crippen LogP contribution in [0, 0.1) is 0 Å². The number of unbranched alkanes of at least 4 members (excludes halogenated alkanes) is 1. The van der Waals surface area contributed by atoms with E-state index in [1.54, 1.807) is 11.3 Å². The predicted octanol–water partition coefficient (Wildman–Crippen LogP) is 4.63. The molecule has 0 saturated carbocycles. The van der Waals surface area contributed by atoms with Crippen LogP contribution in [0.2, 0.25) is 0 Å². The highest BCUT2D eigenvalue weighted by molar-refractivity contribution is 7.17. The fourth-order valence-electron chi connectivity index (χ4n) is 2.27. The van der Waals surface area contributed by atoms with Crippen molar-refractivity contribution in [2.75, 3.05) is 11.4 Å². The summed E-state index contributed by atoms with van der Waals surface area (Å²) in [5, 5.41) is 2.20. The lowest BCUT2D eigenvalue weighted by Crippen LogP contribution is -2.18. The van der Waals surface area contributed by atoms with Gasteiger partial charge in [-0.2, -0.15) is 0 Å². The predicted molar refractivity (Wildman–Crippen MR) is 85.8 cm³/mol. The number of fused-ring (bicyclic) bond motifs is 1. The highest BCUT2D eigenvalue weighted by Gasteiger charge is 2.14. The first-order valence-electron chi connectivity index (χ1n) is 6.90. The Morgan fingerprint density at radius 3 is 2.80 bits per heavy atom. The first-order valence-corrected chi connectivity index (χ1v) is 7.78. The van der Waals surface area contributed by atoms with Gasteiger partial charge in [0.05, 0.1) is 10.4 Å². The van der Waals surface area contributed by atoms with Crippen LogP contribution in [-0.2, 0) is 0 Å². The largest absolute Gasteiger partial charge is 0.339 e. The first kappa shape index (κ1) is 13.1. The fourth-order valence-corrected chi connectivity index (χ4v) is 3.18. The molecule has 0 saturated heterocycles. The van der Waals surface area contributed by atoms with Gasteiger partial charge in [-0.05, 0) is 30.7 Å². The second-order valence-corrected chi connectivity index (χ2v) is 5.59. The van der Waals surface area contributed by atoms with Gasteiger partial charge in [0.25, 0.3) is 0 Å². The van der Waals surface area contributed by atoms with Crippen LogP contribution >= 0.6 is 11.3 Å². The minimum Gasteiger partial charge on any atom is -0.339 e. The summed E-state index contributed by atoms with van der Waals surface area (Å²) in [5.41, 5.74) is 3.47. The Kier molecular flexibility index (Phi) is 3.92. The number of hydrogen-bond acceptors (Lipinski definition) is 4. The molecule has 0 aliphatic heterocycles. The maximum Gasteiger partial charge on any atom is 0.105 e. The summed E-state index contributed by atoms with van der Waals surface area (Å²) in [7, 11) is 0. The molecule has 3 aromatic heterocycles. The van der Waals surface area contributed by atoms with Crippen molar-refractivity contribution >= 4 is 32.9 Å². The number of anilines is 2. The summed E-state index contributed by atoms with van der Waals surface area (Å²) in [4.78, 5) is 11.0. The summed E-state index contributed by atoms with van der Waals surface area (Å²) < 4.78 is 1.23. The smallest absolute Gasteiger partial charge is 0.105 e. The molecule has 3 aromatic rings. The van der Waals surface area contributed by atoms with Gasteiger partial charge in [0.15, 0.2) is 0 Å². The lowest BCUT2D eigenvalue weighted by molar-refractivity contribution is 0.787. The Labute approximate surface area is 122 Å². The van der Waals surface area contributed by atoms with E-state index in [4.69, 9.17) is 0 Å². The van der Waals surface area contributed by atoms with E-state index in [0.29, 0.717) is 0 Å². The number of thiophene rings is 1. The molecule has 0 aliphatic rings. The van der Waals surface area contributed by atoms with Gasteiger partial charge >= 0.3 is 0 Å². The Bertz CT molecular complexity index is 678. The molecule has 0 N–H and O–H groups in total. The van der Waals surface area contributed by atoms with Gasteiger partial charge in [0, 0.05) is 36.2 Å². The Hall–Kier alpha value is -1.94. The third kappa shape index (κ3) is 2.51. The zero-order valence-corrected chi connectivity index (χ0v) is 12.3. The van der Waals surface area contributed by atoms with Gasteiger partial charge in [-0.3, -0.25) is 9.97 Å². The van der Waals surface area contributed by atoms with Gasteiger partial charge in [-0.1, -0.05) is 13.3 Å². The van der Waals surface area contributed by atoms with Crippen LogP contribution in [0.25, 0.3) is 10.2 Å². The van der Waals surface area contributed by atoms with Crippen LogP contribution in [0.5, 0.6) is 0 Å². The topological polar surface area (TPSA) is 29.0 Å². The number of rotatable bonds is 5. The molecule has 102 valence electrons. The molecule has 0 aliphatic carbocycles. The molecule has 3 heterocycles. The van der Waals surface area contributed by atoms with E-state index in [0.717, 1.165) is 18.5 Å². The molecule has 0 aromatic carbocycles. The summed E-state index contributed by atoms with van der Waals surface area (Å²) in [6.07, 6.45) is 7.89. The van der Waals surface area contributed by atoms with Gasteiger partial charge in [-0.25, -0.2) is 0 Å². The van der Waals surface area contributed by atoms with Crippen LogP contribution in [0.4, 0.5) is 11.4 Å². The molecular weight excluding hydrogens is 266 g/mol. The molecule has 20 heavy (non-hydrogen) atoms. The van der Waals surface area contributed by atoms with Gasteiger partial charge in [0.1, 0.15) is 5.52 Å². The third-order valence-corrected chi connectivity index (χ3v) is 4.24. The second-order valence-electron chi connectivity index (χ2n) is 4.68. The average molecular weight is 283 g/mol. The minimum absolute atomic E-state index is 1.00. The lowest BCUT2D eigenvalue weighted by Gasteiger charge is -2.23. The molecule has 0 atom stereocenters. The number of pyridine rings is 2. The van der Waals surface area contributed by atoms with Crippen molar-refractivity contribution in [3.63, 3.8) is 0 Å². The van der Waals surface area contributed by atoms with Crippen LogP contribution < -0.4 is 4.90 Å². The molecule has 0 spiro atoms. The van der Waals surface area contributed by atoms with Crippen LogP contribution in [0.3, 0.4) is 0 Å². The van der Waals surface area contributed by atoms with Crippen molar-refractivity contribution in [2.45, 2.75) is 19.8 Å². The van der Waals surface area contributed by atoms with E-state index < -0.39 is 0 Å². The van der Waals surface area contributed by atoms with Crippen LogP contribution in [0.15, 0.2) is 48.2 Å². The van der Waals surface area contributed by atoms with E-state index in [1.807, 2.05) is 24.7 Å². The normalized spacial score (nSPS) is 10.8. The summed E-state index contributed by atoms with van der Waals surface area (Å²) in [5.74, 6) is 0. The summed E-state index contributed by atoms with van der Waals surface area (Å²) in [6.45, 7) is 3.22. The number of hydrogen-bond donors (Lipinski definition) is 0. The molecule has 3 rings (SSSR count). The zero-order chi connectivity index (χ0) is 13.8. The molecule has 0 fully saturated rings. The Morgan fingerprint density at radius 1 is 1.15 bits per heavy atom. The lowest BCUT2D eigenvalue weighted by atomic mass is 10.2. The van der Waals surface area contributed by atoms with Crippen LogP contribution in [-0.4, -0.2) is 16.5 Å². The third-order valence-electron chi connectivity index (χ3n) is 3.31. The standard InChI is InChI=1S/C16H17N3S/c1-2-3-11-19(13-6-9-17-10-7-13)14-12-20-15-5-4-8-18-16(14)15/h4-10,12H,2-3,11H2,1H3. The Morgan fingerprint density at radius 2 is 2.00 bits per heavy atom. The SMILES string of the molecule is CCCCN(c1ccncc1)c1csc2cccnc12. The van der Waals surface area contributed by atoms with Gasteiger partial charge in [-0.15, -0.1) is 11.3 Å². The monoisotopic (exact) mass is 283 g/mol. The second kappa shape index (κ2) is 6.01. The van der Waals surface area contributed by atoms with E-state index in [9.17, 15) is 0 Å². The average Bonchev–Trinajstić information content (AvgIpc) is 2.93. The van der Waals surface area contributed by atoms with E-state index in [-0.39, 0.29) is 0 Å². The van der Waals surface area contributed by atoms with Crippen molar-refractivity contribution in [3.05, 3.63) is 48.2 Å². The molecule has 4 heteroatoms. The van der Waals surface area contributed by atoms with Crippen LogP contribution in [0.1, 0.15) is 19.8 Å². The number of aromatic nitrogens is 2. The van der Waals surface area contributed by atoms with Gasteiger partial charge < -0.3 is 4.90 Å². The number of nitrogens with zero attached hydrogens (tertiary/aromatic N) is 3. The van der Waals surface area contributed by atoms with Crippen molar-refractivity contribution in [1.82, 2.24) is 9.97 Å². The molecule has 3 nitrogen and oxygen atoms in total. The maximum absolute atomic E-state index is 4.55. The molecule has 0 amide bonds. The highest BCUT2D eigenvalue weighted by Crippen LogP contribution is 2.35. The molecule has 0 bridgehead atoms. The van der Waals surface area contributed by atoms with E-state index in [2.05, 4.69) is 45.4 Å². The highest BCUT2D eigenvalue weighted by atomic mass is 32.1. The molecular formula is C16H17N3S. The quantitative estimate of drug-likeness (QED) is 0.683. The maximum atomic E-state index is 4.55. The summed E-state index contributed by atoms with van der Waals surface area (Å²) >= 11 is 1.75. The van der Waals surface area contributed by atoms with Crippen molar-refractivity contribution < 1.29 is 0 Å². The summed E-state index contributed by atoms with van der Waals surface area (Å²) in [6, 6.07) is 8.23. The molecule has 0 radical (unpaired) electrons. The zero-order valence-electron chi connectivity index (χ0n) is 11.5. The molecule has 0 unspecified atom stereocenters. The van der Waals surface area contributed by atoms with E-state index >= 15 is 0 Å². The first-order chi connectivity index (χ1) is 9.90. The van der Waals surface area contributed by atoms with Crippen molar-refractivity contribution in [3.8, 4) is 0 Å². The minimum atomic E-state index is 1.00.